The first-order valence-electron chi connectivity index (χ1n) is 0.565. The SMILES string of the molecule is O=[SH](=O)O.[Hg]. The summed E-state index contributed by atoms with van der Waals surface area (Å²) in [4.78, 5) is 0. The van der Waals surface area contributed by atoms with Gasteiger partial charge in [-0.2, -0.15) is 0 Å². The summed E-state index contributed by atoms with van der Waals surface area (Å²) < 4.78 is 24.2. The average molecular weight is 283 g/mol. The van der Waals surface area contributed by atoms with E-state index in [-0.39, 0.29) is 27.7 Å². The fourth-order valence-electron chi connectivity index (χ4n) is 0. The van der Waals surface area contributed by atoms with Crippen molar-refractivity contribution in [3.63, 3.8) is 0 Å². The Bertz CT molecular complexity index is 55.3. The molecule has 0 rings (SSSR count). The van der Waals surface area contributed by atoms with Gasteiger partial charge in [0.05, 0.1) is 0 Å². The zero-order chi connectivity index (χ0) is 3.58. The predicted octanol–water partition coefficient (Wildman–Crippen LogP) is -0.932. The van der Waals surface area contributed by atoms with Crippen LogP contribution in [-0.2, 0) is 38.7 Å². The number of rotatable bonds is 0. The molecule has 5 heteroatoms. The van der Waals surface area contributed by atoms with Crippen molar-refractivity contribution in [1.29, 1.82) is 0 Å². The van der Waals surface area contributed by atoms with Crippen molar-refractivity contribution in [3.05, 3.63) is 0 Å². The fourth-order valence-corrected chi connectivity index (χ4v) is 0. The van der Waals surface area contributed by atoms with Gasteiger partial charge in [0.15, 0.2) is 0 Å². The third-order valence-electron chi connectivity index (χ3n) is 0. The molecule has 0 atom stereocenters. The second-order valence-electron chi connectivity index (χ2n) is 0.238. The van der Waals surface area contributed by atoms with Crippen LogP contribution in [0.2, 0.25) is 0 Å². The second kappa shape index (κ2) is 4.85. The van der Waals surface area contributed by atoms with Crippen molar-refractivity contribution in [2.45, 2.75) is 0 Å². The Hall–Kier alpha value is 0.845. The van der Waals surface area contributed by atoms with E-state index in [2.05, 4.69) is 0 Å². The summed E-state index contributed by atoms with van der Waals surface area (Å²) in [7, 11) is -3.12. The molecule has 0 aromatic heterocycles. The van der Waals surface area contributed by atoms with E-state index in [1.54, 1.807) is 0 Å². The van der Waals surface area contributed by atoms with Gasteiger partial charge in [-0.15, -0.1) is 0 Å². The summed E-state index contributed by atoms with van der Waals surface area (Å²) in [5.74, 6) is 0. The van der Waals surface area contributed by atoms with Crippen LogP contribution < -0.4 is 0 Å². The van der Waals surface area contributed by atoms with Gasteiger partial charge < -0.3 is 0 Å². The van der Waals surface area contributed by atoms with Crippen LogP contribution in [0, 0.1) is 0 Å². The van der Waals surface area contributed by atoms with Gasteiger partial charge in [-0.05, 0) is 0 Å². The van der Waals surface area contributed by atoms with Gasteiger partial charge in [0, 0.05) is 27.7 Å². The van der Waals surface area contributed by atoms with Gasteiger partial charge in [0.1, 0.15) is 0 Å². The minimum atomic E-state index is -3.12. The summed E-state index contributed by atoms with van der Waals surface area (Å²) in [5.41, 5.74) is 0. The minimum absolute atomic E-state index is 0. The van der Waals surface area contributed by atoms with Gasteiger partial charge in [-0.1, -0.05) is 0 Å². The summed E-state index contributed by atoms with van der Waals surface area (Å²) in [6.45, 7) is 0. The molecule has 0 aliphatic carbocycles. The van der Waals surface area contributed by atoms with Crippen LogP contribution in [-0.4, -0.2) is 13.0 Å². The Morgan fingerprint density at radius 3 is 1.40 bits per heavy atom. The molecule has 0 aromatic carbocycles. The third-order valence-corrected chi connectivity index (χ3v) is 0. The summed E-state index contributed by atoms with van der Waals surface area (Å²) in [5, 5.41) is 0. The van der Waals surface area contributed by atoms with E-state index in [9.17, 15) is 0 Å². The molecule has 0 heterocycles. The Morgan fingerprint density at radius 2 is 1.40 bits per heavy atom. The van der Waals surface area contributed by atoms with Crippen molar-refractivity contribution < 1.29 is 40.6 Å². The Balaban J connectivity index is 0. The van der Waals surface area contributed by atoms with Crippen LogP contribution in [0.4, 0.5) is 0 Å². The van der Waals surface area contributed by atoms with Crippen molar-refractivity contribution in [1.82, 2.24) is 0 Å². The average Bonchev–Trinajstić information content (AvgIpc) is 0.811. The zero-order valence-corrected chi connectivity index (χ0v) is 8.81. The van der Waals surface area contributed by atoms with E-state index in [0.29, 0.717) is 0 Å². The molecule has 0 unspecified atom stereocenters. The molecule has 28 valence electrons. The van der Waals surface area contributed by atoms with Gasteiger partial charge in [-0.3, -0.25) is 4.55 Å². The van der Waals surface area contributed by atoms with E-state index in [1.807, 2.05) is 0 Å². The van der Waals surface area contributed by atoms with Crippen molar-refractivity contribution in [2.75, 3.05) is 0 Å². The maximum Gasteiger partial charge on any atom is 0.254 e. The van der Waals surface area contributed by atoms with Crippen molar-refractivity contribution in [2.24, 2.45) is 0 Å². The van der Waals surface area contributed by atoms with Crippen LogP contribution in [0.1, 0.15) is 0 Å². The predicted molar refractivity (Wildman–Crippen MR) is 12.9 cm³/mol. The molecule has 0 spiro atoms. The largest absolute Gasteiger partial charge is 0.288 e. The van der Waals surface area contributed by atoms with Crippen LogP contribution in [0.5, 0.6) is 0 Å². The van der Waals surface area contributed by atoms with E-state index in [4.69, 9.17) is 13.0 Å². The molecule has 0 bridgehead atoms. The Labute approximate surface area is 51.7 Å². The van der Waals surface area contributed by atoms with Crippen LogP contribution >= 0.6 is 0 Å². The van der Waals surface area contributed by atoms with Gasteiger partial charge in [-0.25, -0.2) is 8.42 Å². The van der Waals surface area contributed by atoms with Crippen LogP contribution in [0.25, 0.3) is 0 Å². The number of hydrogen-bond donors (Lipinski definition) is 2. The zero-order valence-electron chi connectivity index (χ0n) is 2.42. The number of hydrogen-bond acceptors (Lipinski definition) is 2. The fraction of sp³-hybridized carbons (Fsp3) is 0. The topological polar surface area (TPSA) is 54.4 Å². The van der Waals surface area contributed by atoms with Gasteiger partial charge in [0.25, 0.3) is 11.0 Å². The first-order chi connectivity index (χ1) is 1.73. The monoisotopic (exact) mass is 284 g/mol. The molecule has 0 saturated carbocycles. The molecule has 0 aliphatic heterocycles. The standard InChI is InChI=1S/Hg.H2O3S/c;1-4(2)3/h;4H,(H,1,2,3). The smallest absolute Gasteiger partial charge is 0.254 e. The molecule has 0 fully saturated rings. The van der Waals surface area contributed by atoms with Crippen LogP contribution in [0.3, 0.4) is 0 Å². The molecule has 5 heavy (non-hydrogen) atoms. The molecule has 0 amide bonds. The molecule has 0 saturated heterocycles. The molecule has 0 radical (unpaired) electrons. The Kier molecular flexibility index (Phi) is 8.99. The first-order valence-corrected chi connectivity index (χ1v) is 1.70. The first kappa shape index (κ1) is 9.28. The quantitative estimate of drug-likeness (QED) is 0.343. The number of thiol groups is 1. The van der Waals surface area contributed by atoms with Gasteiger partial charge in [0.2, 0.25) is 0 Å². The normalized spacial score (nSPS) is 6.80. The van der Waals surface area contributed by atoms with E-state index < -0.39 is 11.0 Å². The van der Waals surface area contributed by atoms with E-state index in [1.165, 1.54) is 0 Å². The van der Waals surface area contributed by atoms with Crippen LogP contribution in [0.15, 0.2) is 0 Å². The summed E-state index contributed by atoms with van der Waals surface area (Å²) >= 11 is 0. The van der Waals surface area contributed by atoms with E-state index >= 15 is 0 Å². The molecule has 0 aliphatic rings. The van der Waals surface area contributed by atoms with Gasteiger partial charge >= 0.3 is 0 Å². The molecule has 1 N–H and O–H groups in total. The van der Waals surface area contributed by atoms with E-state index in [0.717, 1.165) is 0 Å². The summed E-state index contributed by atoms with van der Waals surface area (Å²) in [6.07, 6.45) is 0. The Morgan fingerprint density at radius 1 is 1.40 bits per heavy atom. The maximum atomic E-state index is 8.59. The van der Waals surface area contributed by atoms with Crippen molar-refractivity contribution in [3.8, 4) is 0 Å². The molecule has 3 nitrogen and oxygen atoms in total. The molecular weight excluding hydrogens is 281 g/mol. The summed E-state index contributed by atoms with van der Waals surface area (Å²) in [6, 6.07) is 0. The van der Waals surface area contributed by atoms with Crippen molar-refractivity contribution >= 4 is 11.0 Å². The minimum Gasteiger partial charge on any atom is -0.288 e. The third kappa shape index (κ3) is 54.9. The molecule has 0 aromatic rings. The molecular formula is H2HgO3S. The maximum absolute atomic E-state index is 8.59. The second-order valence-corrected chi connectivity index (χ2v) is 0.714.